The van der Waals surface area contributed by atoms with Crippen LogP contribution in [-0.4, -0.2) is 44.2 Å². The van der Waals surface area contributed by atoms with Crippen LogP contribution in [0.1, 0.15) is 33.1 Å². The molecular weight excluding hydrogens is 216 g/mol. The van der Waals surface area contributed by atoms with Gasteiger partial charge in [0.1, 0.15) is 0 Å². The number of methoxy groups -OCH3 is 1. The Hall–Kier alpha value is -0.810. The summed E-state index contributed by atoms with van der Waals surface area (Å²) in [5, 5.41) is 0. The van der Waals surface area contributed by atoms with E-state index in [2.05, 4.69) is 29.2 Å². The zero-order valence-electron chi connectivity index (χ0n) is 11.3. The Kier molecular flexibility index (Phi) is 5.71. The van der Waals surface area contributed by atoms with E-state index in [0.29, 0.717) is 5.41 Å². The minimum absolute atomic E-state index is 0.350. The summed E-state index contributed by atoms with van der Waals surface area (Å²) in [5.74, 6) is 6.37. The van der Waals surface area contributed by atoms with Crippen LogP contribution in [0.25, 0.3) is 0 Å². The van der Waals surface area contributed by atoms with Crippen LogP contribution in [0.3, 0.4) is 0 Å². The van der Waals surface area contributed by atoms with Gasteiger partial charge in [0.05, 0.1) is 0 Å². The van der Waals surface area contributed by atoms with Crippen molar-refractivity contribution in [3.05, 3.63) is 0 Å². The van der Waals surface area contributed by atoms with Crippen LogP contribution in [0, 0.1) is 5.41 Å². The fourth-order valence-corrected chi connectivity index (χ4v) is 2.23. The summed E-state index contributed by atoms with van der Waals surface area (Å²) in [5.41, 5.74) is 3.07. The van der Waals surface area contributed by atoms with Crippen LogP contribution in [0.5, 0.6) is 0 Å². The highest BCUT2D eigenvalue weighted by Gasteiger charge is 2.27. The topological polar surface area (TPSA) is 62.9 Å². The molecule has 1 heterocycles. The van der Waals surface area contributed by atoms with Gasteiger partial charge in [0.15, 0.2) is 0 Å². The van der Waals surface area contributed by atoms with E-state index in [4.69, 9.17) is 10.6 Å². The normalized spacial score (nSPS) is 20.5. The standard InChI is InChI=1S/C12H26N4O/c1-12(2)6-4-8-16(10-12)11(15-13)14-7-5-9-17-3/h4-10,13H2,1-3H3,(H,14,15). The van der Waals surface area contributed by atoms with Gasteiger partial charge in [-0.2, -0.15) is 0 Å². The number of hydrazine groups is 1. The Bertz CT molecular complexity index is 253. The summed E-state index contributed by atoms with van der Waals surface area (Å²) >= 11 is 0. The lowest BCUT2D eigenvalue weighted by molar-refractivity contribution is 0.174. The molecule has 1 saturated heterocycles. The second kappa shape index (κ2) is 6.81. The van der Waals surface area contributed by atoms with E-state index >= 15 is 0 Å². The van der Waals surface area contributed by atoms with Gasteiger partial charge in [0.25, 0.3) is 0 Å². The molecular formula is C12H26N4O. The minimum atomic E-state index is 0.350. The largest absolute Gasteiger partial charge is 0.385 e. The third kappa shape index (κ3) is 4.91. The molecule has 0 bridgehead atoms. The number of piperidine rings is 1. The first kappa shape index (κ1) is 14.3. The van der Waals surface area contributed by atoms with E-state index < -0.39 is 0 Å². The first-order valence-corrected chi connectivity index (χ1v) is 6.34. The molecule has 0 radical (unpaired) electrons. The average molecular weight is 242 g/mol. The molecule has 0 unspecified atom stereocenters. The van der Waals surface area contributed by atoms with E-state index in [-0.39, 0.29) is 0 Å². The summed E-state index contributed by atoms with van der Waals surface area (Å²) in [6.07, 6.45) is 3.40. The Morgan fingerprint density at radius 3 is 2.88 bits per heavy atom. The van der Waals surface area contributed by atoms with Crippen molar-refractivity contribution in [3.8, 4) is 0 Å². The van der Waals surface area contributed by atoms with Crippen LogP contribution >= 0.6 is 0 Å². The molecule has 100 valence electrons. The van der Waals surface area contributed by atoms with Gasteiger partial charge in [-0.25, -0.2) is 5.84 Å². The number of nitrogens with zero attached hydrogens (tertiary/aromatic N) is 2. The number of nitrogens with one attached hydrogen (secondary N) is 1. The lowest BCUT2D eigenvalue weighted by Crippen LogP contribution is -2.51. The second-order valence-corrected chi connectivity index (χ2v) is 5.39. The Morgan fingerprint density at radius 1 is 1.53 bits per heavy atom. The molecule has 5 nitrogen and oxygen atoms in total. The minimum Gasteiger partial charge on any atom is -0.385 e. The molecule has 0 aliphatic carbocycles. The summed E-state index contributed by atoms with van der Waals surface area (Å²) in [6, 6.07) is 0. The summed E-state index contributed by atoms with van der Waals surface area (Å²) in [6.45, 7) is 8.13. The Morgan fingerprint density at radius 2 is 2.29 bits per heavy atom. The smallest absolute Gasteiger partial charge is 0.208 e. The highest BCUT2D eigenvalue weighted by molar-refractivity contribution is 5.79. The fraction of sp³-hybridized carbons (Fsp3) is 0.917. The van der Waals surface area contributed by atoms with Crippen LogP contribution in [0.15, 0.2) is 4.99 Å². The van der Waals surface area contributed by atoms with E-state index in [1.54, 1.807) is 7.11 Å². The third-order valence-electron chi connectivity index (χ3n) is 3.10. The lowest BCUT2D eigenvalue weighted by Gasteiger charge is -2.39. The van der Waals surface area contributed by atoms with Crippen molar-refractivity contribution in [1.82, 2.24) is 10.3 Å². The van der Waals surface area contributed by atoms with Crippen LogP contribution in [0.2, 0.25) is 0 Å². The monoisotopic (exact) mass is 242 g/mol. The number of hydrogen-bond acceptors (Lipinski definition) is 3. The molecule has 1 fully saturated rings. The SMILES string of the molecule is COCCCN=C(NN)N1CCCC(C)(C)C1. The van der Waals surface area contributed by atoms with E-state index in [1.165, 1.54) is 12.8 Å². The van der Waals surface area contributed by atoms with Crippen molar-refractivity contribution < 1.29 is 4.74 Å². The van der Waals surface area contributed by atoms with Crippen LogP contribution in [0.4, 0.5) is 0 Å². The third-order valence-corrected chi connectivity index (χ3v) is 3.10. The summed E-state index contributed by atoms with van der Waals surface area (Å²) in [7, 11) is 1.71. The maximum absolute atomic E-state index is 5.55. The van der Waals surface area contributed by atoms with Gasteiger partial charge in [0.2, 0.25) is 5.96 Å². The zero-order valence-corrected chi connectivity index (χ0v) is 11.3. The van der Waals surface area contributed by atoms with Crippen LogP contribution in [-0.2, 0) is 4.74 Å². The molecule has 5 heteroatoms. The van der Waals surface area contributed by atoms with Crippen molar-refractivity contribution in [1.29, 1.82) is 0 Å². The Balaban J connectivity index is 2.48. The van der Waals surface area contributed by atoms with Crippen molar-refractivity contribution in [2.24, 2.45) is 16.3 Å². The van der Waals surface area contributed by atoms with Crippen molar-refractivity contribution in [3.63, 3.8) is 0 Å². The summed E-state index contributed by atoms with van der Waals surface area (Å²) < 4.78 is 5.00. The van der Waals surface area contributed by atoms with Crippen LogP contribution < -0.4 is 11.3 Å². The van der Waals surface area contributed by atoms with E-state index in [1.807, 2.05) is 0 Å². The number of ether oxygens (including phenoxy) is 1. The quantitative estimate of drug-likeness (QED) is 0.253. The zero-order chi connectivity index (χ0) is 12.7. The molecule has 0 atom stereocenters. The maximum atomic E-state index is 5.55. The summed E-state index contributed by atoms with van der Waals surface area (Å²) in [4.78, 5) is 6.74. The average Bonchev–Trinajstić information content (AvgIpc) is 2.28. The highest BCUT2D eigenvalue weighted by atomic mass is 16.5. The second-order valence-electron chi connectivity index (χ2n) is 5.39. The molecule has 3 N–H and O–H groups in total. The predicted octanol–water partition coefficient (Wildman–Crippen LogP) is 0.964. The lowest BCUT2D eigenvalue weighted by atomic mass is 9.84. The molecule has 0 spiro atoms. The number of guanidine groups is 1. The van der Waals surface area contributed by atoms with Gasteiger partial charge in [-0.15, -0.1) is 0 Å². The maximum Gasteiger partial charge on any atom is 0.208 e. The Labute approximate surface area is 104 Å². The molecule has 1 aliphatic rings. The predicted molar refractivity (Wildman–Crippen MR) is 70.7 cm³/mol. The fourth-order valence-electron chi connectivity index (χ4n) is 2.23. The molecule has 1 aliphatic heterocycles. The van der Waals surface area contributed by atoms with Crippen molar-refractivity contribution in [2.45, 2.75) is 33.1 Å². The molecule has 0 saturated carbocycles. The molecule has 0 aromatic heterocycles. The van der Waals surface area contributed by atoms with Gasteiger partial charge in [-0.3, -0.25) is 10.4 Å². The molecule has 17 heavy (non-hydrogen) atoms. The van der Waals surface area contributed by atoms with Crippen molar-refractivity contribution in [2.75, 3.05) is 33.4 Å². The highest BCUT2D eigenvalue weighted by Crippen LogP contribution is 2.28. The molecule has 0 amide bonds. The van der Waals surface area contributed by atoms with Gasteiger partial charge >= 0.3 is 0 Å². The van der Waals surface area contributed by atoms with Gasteiger partial charge < -0.3 is 9.64 Å². The first-order chi connectivity index (χ1) is 8.09. The molecule has 0 aromatic rings. The number of aliphatic imine (C=N–C) groups is 1. The first-order valence-electron chi connectivity index (χ1n) is 6.34. The number of nitrogens with two attached hydrogens (primary N) is 1. The number of hydrogen-bond donors (Lipinski definition) is 2. The molecule has 1 rings (SSSR count). The number of likely N-dealkylation sites (tertiary alicyclic amines) is 1. The van der Waals surface area contributed by atoms with Gasteiger partial charge in [-0.05, 0) is 24.7 Å². The van der Waals surface area contributed by atoms with Gasteiger partial charge in [-0.1, -0.05) is 13.8 Å². The number of rotatable bonds is 4. The van der Waals surface area contributed by atoms with Gasteiger partial charge in [0, 0.05) is 33.4 Å². The van der Waals surface area contributed by atoms with Crippen molar-refractivity contribution >= 4 is 5.96 Å². The van der Waals surface area contributed by atoms with E-state index in [0.717, 1.165) is 38.6 Å². The van der Waals surface area contributed by atoms with E-state index in [9.17, 15) is 0 Å². The molecule has 0 aromatic carbocycles.